The van der Waals surface area contributed by atoms with Crippen molar-refractivity contribution in [2.75, 3.05) is 27.6 Å². The van der Waals surface area contributed by atoms with Crippen LogP contribution in [0.1, 0.15) is 12.0 Å². The normalized spacial score (nSPS) is 18.3. The van der Waals surface area contributed by atoms with Gasteiger partial charge >= 0.3 is 0 Å². The highest BCUT2D eigenvalue weighted by atomic mass is 35.5. The molecule has 0 bridgehead atoms. The van der Waals surface area contributed by atoms with Gasteiger partial charge in [0.25, 0.3) is 10.0 Å². The van der Waals surface area contributed by atoms with Gasteiger partial charge in [0.2, 0.25) is 5.91 Å². The van der Waals surface area contributed by atoms with E-state index in [1.807, 2.05) is 4.90 Å². The van der Waals surface area contributed by atoms with Crippen molar-refractivity contribution in [1.29, 1.82) is 0 Å². The molecular weight excluding hydrogens is 475 g/mol. The summed E-state index contributed by atoms with van der Waals surface area (Å²) in [6, 6.07) is 8.90. The highest BCUT2D eigenvalue weighted by Gasteiger charge is 2.41. The van der Waals surface area contributed by atoms with Gasteiger partial charge in [-0.25, -0.2) is 17.8 Å². The Hall–Kier alpha value is -2.69. The third-order valence-corrected chi connectivity index (χ3v) is 8.35. The van der Waals surface area contributed by atoms with E-state index >= 15 is 0 Å². The lowest BCUT2D eigenvalue weighted by molar-refractivity contribution is -0.118. The summed E-state index contributed by atoms with van der Waals surface area (Å²) in [5.74, 6) is -0.672. The topological polar surface area (TPSA) is 82.6 Å². The van der Waals surface area contributed by atoms with E-state index in [1.165, 1.54) is 34.6 Å². The maximum Gasteiger partial charge on any atom is 0.265 e. The quantitative estimate of drug-likeness (QED) is 0.584. The molecule has 0 spiro atoms. The van der Waals surface area contributed by atoms with Crippen molar-refractivity contribution in [1.82, 2.24) is 4.98 Å². The predicted octanol–water partition coefficient (Wildman–Crippen LogP) is 3.90. The molecule has 0 radical (unpaired) electrons. The van der Waals surface area contributed by atoms with Gasteiger partial charge in [-0.1, -0.05) is 23.7 Å². The number of nitrogens with zero attached hydrogens (tertiary/aromatic N) is 3. The molecule has 0 saturated carbocycles. The van der Waals surface area contributed by atoms with Gasteiger partial charge in [0.15, 0.2) is 5.13 Å². The molecule has 2 aliphatic rings. The lowest BCUT2D eigenvalue weighted by atomic mass is 10.1. The summed E-state index contributed by atoms with van der Waals surface area (Å²) in [6.07, 6.45) is 2.58. The Kier molecular flexibility index (Phi) is 5.31. The van der Waals surface area contributed by atoms with E-state index in [-0.39, 0.29) is 21.0 Å². The van der Waals surface area contributed by atoms with Crippen molar-refractivity contribution >= 4 is 55.4 Å². The third-order valence-electron chi connectivity index (χ3n) is 5.74. The van der Waals surface area contributed by atoms with Crippen LogP contribution in [0.3, 0.4) is 0 Å². The number of benzene rings is 2. The van der Waals surface area contributed by atoms with Crippen LogP contribution in [0.15, 0.2) is 52.9 Å². The Bertz CT molecular complexity index is 1300. The largest absolute Gasteiger partial charge is 0.359 e. The molecule has 3 aromatic rings. The molecule has 1 fully saturated rings. The fourth-order valence-corrected chi connectivity index (χ4v) is 6.56. The van der Waals surface area contributed by atoms with Crippen LogP contribution in [0, 0.1) is 5.82 Å². The van der Waals surface area contributed by atoms with E-state index < -0.39 is 21.9 Å². The molecule has 11 heteroatoms. The molecule has 1 aromatic heterocycles. The monoisotopic (exact) mass is 492 g/mol. The van der Waals surface area contributed by atoms with Crippen LogP contribution in [0.25, 0.3) is 0 Å². The first kappa shape index (κ1) is 21.2. The van der Waals surface area contributed by atoms with Crippen molar-refractivity contribution in [2.45, 2.75) is 23.8 Å². The minimum Gasteiger partial charge on any atom is -0.359 e. The maximum atomic E-state index is 13.8. The molecule has 2 aliphatic heterocycles. The number of thiazole rings is 1. The molecule has 2 aromatic carbocycles. The number of amides is 1. The number of carbonyl (C=O) groups is 1. The number of nitrogens with one attached hydrogen (secondary N) is 1. The van der Waals surface area contributed by atoms with Crippen LogP contribution in [-0.2, 0) is 21.2 Å². The van der Waals surface area contributed by atoms with Crippen molar-refractivity contribution < 1.29 is 17.6 Å². The van der Waals surface area contributed by atoms with Crippen LogP contribution >= 0.6 is 22.9 Å². The average molecular weight is 493 g/mol. The second-order valence-corrected chi connectivity index (χ2v) is 10.4. The molecule has 166 valence electrons. The lowest BCUT2D eigenvalue weighted by Crippen LogP contribution is -2.41. The zero-order valence-corrected chi connectivity index (χ0v) is 19.1. The van der Waals surface area contributed by atoms with Crippen LogP contribution in [-0.4, -0.2) is 38.4 Å². The van der Waals surface area contributed by atoms with Crippen molar-refractivity contribution in [3.05, 3.63) is 64.4 Å². The number of aromatic nitrogens is 1. The minimum absolute atomic E-state index is 0.0103. The molecular formula is C21H18ClFN4O3S2. The van der Waals surface area contributed by atoms with Gasteiger partial charge in [0, 0.05) is 30.4 Å². The second kappa shape index (κ2) is 8.02. The molecule has 1 amide bonds. The molecule has 5 rings (SSSR count). The number of fused-ring (bicyclic) bond motifs is 1. The summed E-state index contributed by atoms with van der Waals surface area (Å²) in [5, 5.41) is 2.02. The number of anilines is 3. The number of para-hydroxylation sites is 1. The summed E-state index contributed by atoms with van der Waals surface area (Å²) in [5.41, 5.74) is 1.78. The standard InChI is InChI=1S/C21H18ClFN4O3S2/c22-19-13-7-10-26(15(13)6-5-14(19)23)17-8-11-27(20(17)28)16-3-1-2-4-18(16)32(29,30)25-21-24-9-12-31-21/h1-6,9,12,17H,7-8,10-11H2,(H,24,25). The third kappa shape index (κ3) is 3.52. The fraction of sp³-hybridized carbons (Fsp3) is 0.238. The fourth-order valence-electron chi connectivity index (χ4n) is 4.31. The van der Waals surface area contributed by atoms with Gasteiger partial charge in [-0.3, -0.25) is 9.52 Å². The summed E-state index contributed by atoms with van der Waals surface area (Å²) in [7, 11) is -3.94. The first-order valence-corrected chi connectivity index (χ1v) is 12.7. The number of hydrogen-bond acceptors (Lipinski definition) is 6. The number of hydrogen-bond donors (Lipinski definition) is 1. The Morgan fingerprint density at radius 2 is 1.97 bits per heavy atom. The predicted molar refractivity (Wildman–Crippen MR) is 123 cm³/mol. The average Bonchev–Trinajstić information content (AvgIpc) is 3.51. The molecule has 32 heavy (non-hydrogen) atoms. The Morgan fingerprint density at radius 1 is 1.16 bits per heavy atom. The van der Waals surface area contributed by atoms with E-state index in [9.17, 15) is 17.6 Å². The lowest BCUT2D eigenvalue weighted by Gasteiger charge is -2.26. The van der Waals surface area contributed by atoms with Crippen LogP contribution in [0.2, 0.25) is 5.02 Å². The summed E-state index contributed by atoms with van der Waals surface area (Å²) in [4.78, 5) is 20.8. The van der Waals surface area contributed by atoms with Crippen molar-refractivity contribution in [2.24, 2.45) is 0 Å². The van der Waals surface area contributed by atoms with Gasteiger partial charge in [-0.05, 0) is 42.7 Å². The number of carbonyl (C=O) groups excluding carboxylic acids is 1. The van der Waals surface area contributed by atoms with E-state index in [1.54, 1.807) is 29.6 Å². The molecule has 1 N–H and O–H groups in total. The molecule has 7 nitrogen and oxygen atoms in total. The van der Waals surface area contributed by atoms with E-state index in [4.69, 9.17) is 11.6 Å². The zero-order chi connectivity index (χ0) is 22.5. The van der Waals surface area contributed by atoms with Gasteiger partial charge in [0.1, 0.15) is 16.8 Å². The Morgan fingerprint density at radius 3 is 2.75 bits per heavy atom. The number of rotatable bonds is 5. The van der Waals surface area contributed by atoms with Gasteiger partial charge in [-0.15, -0.1) is 11.3 Å². The summed E-state index contributed by atoms with van der Waals surface area (Å²) >= 11 is 7.30. The van der Waals surface area contributed by atoms with Crippen LogP contribution in [0.4, 0.5) is 20.9 Å². The minimum atomic E-state index is -3.94. The smallest absolute Gasteiger partial charge is 0.265 e. The summed E-state index contributed by atoms with van der Waals surface area (Å²) in [6.45, 7) is 0.919. The Balaban J connectivity index is 1.44. The first-order valence-electron chi connectivity index (χ1n) is 9.93. The summed E-state index contributed by atoms with van der Waals surface area (Å²) < 4.78 is 42.3. The van der Waals surface area contributed by atoms with Gasteiger partial charge in [-0.2, -0.15) is 0 Å². The van der Waals surface area contributed by atoms with E-state index in [2.05, 4.69) is 9.71 Å². The highest BCUT2D eigenvalue weighted by molar-refractivity contribution is 7.93. The van der Waals surface area contributed by atoms with Gasteiger partial charge in [0.05, 0.1) is 10.7 Å². The van der Waals surface area contributed by atoms with Crippen LogP contribution < -0.4 is 14.5 Å². The Labute approximate surface area is 193 Å². The van der Waals surface area contributed by atoms with E-state index in [0.717, 1.165) is 5.69 Å². The molecule has 1 saturated heterocycles. The van der Waals surface area contributed by atoms with Crippen molar-refractivity contribution in [3.8, 4) is 0 Å². The van der Waals surface area contributed by atoms with E-state index in [0.29, 0.717) is 37.2 Å². The zero-order valence-electron chi connectivity index (χ0n) is 16.7. The van der Waals surface area contributed by atoms with Gasteiger partial charge < -0.3 is 9.80 Å². The molecule has 3 heterocycles. The first-order chi connectivity index (χ1) is 15.4. The molecule has 1 unspecified atom stereocenters. The second-order valence-electron chi connectivity index (χ2n) is 7.51. The van der Waals surface area contributed by atoms with Crippen molar-refractivity contribution in [3.63, 3.8) is 0 Å². The SMILES string of the molecule is O=C1C(N2CCc3c2ccc(F)c3Cl)CCN1c1ccccc1S(=O)(=O)Nc1nccs1. The highest BCUT2D eigenvalue weighted by Crippen LogP contribution is 2.39. The van der Waals surface area contributed by atoms with Crippen LogP contribution in [0.5, 0.6) is 0 Å². The molecule has 1 atom stereocenters. The number of halogens is 2. The number of sulfonamides is 1. The molecule has 0 aliphatic carbocycles. The maximum absolute atomic E-state index is 13.8.